The van der Waals surface area contributed by atoms with Crippen LogP contribution in [0.3, 0.4) is 0 Å². The predicted molar refractivity (Wildman–Crippen MR) is 84.4 cm³/mol. The molecule has 0 saturated heterocycles. The van der Waals surface area contributed by atoms with Gasteiger partial charge in [0.1, 0.15) is 18.2 Å². The fraction of sp³-hybridized carbons (Fsp3) is 0.111. The summed E-state index contributed by atoms with van der Waals surface area (Å²) < 4.78 is 18.5. The minimum absolute atomic E-state index is 0.268. The first-order valence-corrected chi connectivity index (χ1v) is 7.07. The van der Waals surface area contributed by atoms with Gasteiger partial charge in [-0.3, -0.25) is 0 Å². The van der Waals surface area contributed by atoms with Crippen molar-refractivity contribution in [2.75, 3.05) is 0 Å². The molecule has 2 aromatic carbocycles. The fourth-order valence-corrected chi connectivity index (χ4v) is 2.09. The standard InChI is InChI=1S/C18H14FNO3/c1-12-17(18(21)23-20-12)10-13-4-8-16(9-5-13)22-11-14-2-6-15(19)7-3-14/h2-10H,11H2,1H3/b17-10-. The van der Waals surface area contributed by atoms with Gasteiger partial charge in [0.2, 0.25) is 0 Å². The zero-order chi connectivity index (χ0) is 16.2. The van der Waals surface area contributed by atoms with E-state index in [0.29, 0.717) is 23.6 Å². The number of nitrogens with zero attached hydrogens (tertiary/aromatic N) is 1. The van der Waals surface area contributed by atoms with E-state index >= 15 is 0 Å². The Hall–Kier alpha value is -2.95. The van der Waals surface area contributed by atoms with Crippen LogP contribution < -0.4 is 4.74 Å². The van der Waals surface area contributed by atoms with E-state index in [1.807, 2.05) is 24.3 Å². The maximum atomic E-state index is 12.8. The minimum Gasteiger partial charge on any atom is -0.489 e. The van der Waals surface area contributed by atoms with Gasteiger partial charge in [0.05, 0.1) is 11.3 Å². The van der Waals surface area contributed by atoms with Gasteiger partial charge in [-0.2, -0.15) is 0 Å². The summed E-state index contributed by atoms with van der Waals surface area (Å²) in [5.74, 6) is -0.0228. The van der Waals surface area contributed by atoms with Crippen molar-refractivity contribution in [2.24, 2.45) is 5.16 Å². The normalized spacial score (nSPS) is 15.5. The molecule has 0 amide bonds. The molecule has 0 fully saturated rings. The van der Waals surface area contributed by atoms with Crippen LogP contribution in [-0.2, 0) is 16.2 Å². The average Bonchev–Trinajstić information content (AvgIpc) is 2.88. The zero-order valence-electron chi connectivity index (χ0n) is 12.5. The van der Waals surface area contributed by atoms with Crippen molar-refractivity contribution >= 4 is 17.8 Å². The van der Waals surface area contributed by atoms with Crippen molar-refractivity contribution in [3.05, 3.63) is 71.0 Å². The Labute approximate surface area is 132 Å². The van der Waals surface area contributed by atoms with Gasteiger partial charge >= 0.3 is 5.97 Å². The molecule has 0 radical (unpaired) electrons. The lowest BCUT2D eigenvalue weighted by molar-refractivity contribution is -0.136. The lowest BCUT2D eigenvalue weighted by Gasteiger charge is -2.06. The Morgan fingerprint density at radius 1 is 1.13 bits per heavy atom. The van der Waals surface area contributed by atoms with Gasteiger partial charge in [-0.1, -0.05) is 29.4 Å². The zero-order valence-corrected chi connectivity index (χ0v) is 12.5. The van der Waals surface area contributed by atoms with Crippen molar-refractivity contribution < 1.29 is 18.8 Å². The van der Waals surface area contributed by atoms with E-state index in [1.165, 1.54) is 12.1 Å². The lowest BCUT2D eigenvalue weighted by Crippen LogP contribution is -2.01. The van der Waals surface area contributed by atoms with Crippen LogP contribution in [0.5, 0.6) is 5.75 Å². The second-order valence-electron chi connectivity index (χ2n) is 5.10. The largest absolute Gasteiger partial charge is 0.489 e. The molecule has 1 heterocycles. The summed E-state index contributed by atoms with van der Waals surface area (Å²) in [6, 6.07) is 13.5. The summed E-state index contributed by atoms with van der Waals surface area (Å²) in [6.07, 6.45) is 1.72. The molecule has 4 nitrogen and oxygen atoms in total. The van der Waals surface area contributed by atoms with Crippen molar-refractivity contribution in [3.8, 4) is 5.75 Å². The second kappa shape index (κ2) is 6.44. The third kappa shape index (κ3) is 3.63. The van der Waals surface area contributed by atoms with Crippen molar-refractivity contribution in [3.63, 3.8) is 0 Å². The van der Waals surface area contributed by atoms with Gasteiger partial charge in [-0.25, -0.2) is 9.18 Å². The SMILES string of the molecule is CC1=NOC(=O)/C1=C\c1ccc(OCc2ccc(F)cc2)cc1. The summed E-state index contributed by atoms with van der Waals surface area (Å²) in [6.45, 7) is 2.08. The third-order valence-electron chi connectivity index (χ3n) is 3.39. The Kier molecular flexibility index (Phi) is 4.19. The van der Waals surface area contributed by atoms with Crippen LogP contribution in [0.2, 0.25) is 0 Å². The first-order chi connectivity index (χ1) is 11.1. The molecule has 5 heteroatoms. The van der Waals surface area contributed by atoms with E-state index in [4.69, 9.17) is 4.74 Å². The topological polar surface area (TPSA) is 47.9 Å². The van der Waals surface area contributed by atoms with Crippen molar-refractivity contribution in [2.45, 2.75) is 13.5 Å². The Bertz CT molecular complexity index is 777. The van der Waals surface area contributed by atoms with Crippen LogP contribution in [-0.4, -0.2) is 11.7 Å². The predicted octanol–water partition coefficient (Wildman–Crippen LogP) is 3.72. The van der Waals surface area contributed by atoms with Crippen molar-refractivity contribution in [1.82, 2.24) is 0 Å². The number of oxime groups is 1. The number of rotatable bonds is 4. The molecular formula is C18H14FNO3. The molecule has 0 N–H and O–H groups in total. The van der Waals surface area contributed by atoms with Crippen LogP contribution >= 0.6 is 0 Å². The number of carbonyl (C=O) groups excluding carboxylic acids is 1. The highest BCUT2D eigenvalue weighted by Gasteiger charge is 2.21. The van der Waals surface area contributed by atoms with Gasteiger partial charge in [0.25, 0.3) is 0 Å². The van der Waals surface area contributed by atoms with Gasteiger partial charge in [0.15, 0.2) is 0 Å². The summed E-state index contributed by atoms with van der Waals surface area (Å²) >= 11 is 0. The maximum absolute atomic E-state index is 12.8. The van der Waals surface area contributed by atoms with Gasteiger partial charge in [-0.05, 0) is 48.4 Å². The molecular weight excluding hydrogens is 297 g/mol. The van der Waals surface area contributed by atoms with Crippen LogP contribution in [0.1, 0.15) is 18.1 Å². The van der Waals surface area contributed by atoms with Crippen molar-refractivity contribution in [1.29, 1.82) is 0 Å². The van der Waals surface area contributed by atoms with Crippen LogP contribution in [0.25, 0.3) is 6.08 Å². The molecule has 0 spiro atoms. The number of halogens is 1. The average molecular weight is 311 g/mol. The summed E-state index contributed by atoms with van der Waals surface area (Å²) in [5.41, 5.74) is 2.75. The number of ether oxygens (including phenoxy) is 1. The highest BCUT2D eigenvalue weighted by molar-refractivity contribution is 6.24. The summed E-state index contributed by atoms with van der Waals surface area (Å²) in [7, 11) is 0. The molecule has 1 aliphatic heterocycles. The van der Waals surface area contributed by atoms with E-state index in [1.54, 1.807) is 25.1 Å². The molecule has 1 aliphatic rings. The highest BCUT2D eigenvalue weighted by atomic mass is 19.1. The van der Waals surface area contributed by atoms with Crippen LogP contribution in [0.4, 0.5) is 4.39 Å². The van der Waals surface area contributed by atoms with Gasteiger partial charge in [0, 0.05) is 0 Å². The molecule has 2 aromatic rings. The highest BCUT2D eigenvalue weighted by Crippen LogP contribution is 2.19. The second-order valence-corrected chi connectivity index (χ2v) is 5.10. The third-order valence-corrected chi connectivity index (χ3v) is 3.39. The Balaban J connectivity index is 1.65. The number of benzene rings is 2. The van der Waals surface area contributed by atoms with E-state index in [2.05, 4.69) is 9.99 Å². The molecule has 0 atom stereocenters. The molecule has 0 aromatic heterocycles. The Morgan fingerprint density at radius 3 is 2.43 bits per heavy atom. The van der Waals surface area contributed by atoms with E-state index < -0.39 is 5.97 Å². The molecule has 0 bridgehead atoms. The number of hydrogen-bond donors (Lipinski definition) is 0. The van der Waals surface area contributed by atoms with Crippen LogP contribution in [0, 0.1) is 5.82 Å². The minimum atomic E-state index is -0.445. The van der Waals surface area contributed by atoms with Gasteiger partial charge in [-0.15, -0.1) is 0 Å². The number of carbonyl (C=O) groups is 1. The first kappa shape index (κ1) is 15.0. The molecule has 0 unspecified atom stereocenters. The quantitative estimate of drug-likeness (QED) is 0.638. The molecule has 116 valence electrons. The first-order valence-electron chi connectivity index (χ1n) is 7.07. The van der Waals surface area contributed by atoms with E-state index in [0.717, 1.165) is 11.1 Å². The van der Waals surface area contributed by atoms with E-state index in [9.17, 15) is 9.18 Å². The Morgan fingerprint density at radius 2 is 1.83 bits per heavy atom. The molecule has 3 rings (SSSR count). The smallest absolute Gasteiger partial charge is 0.367 e. The molecule has 0 aliphatic carbocycles. The lowest BCUT2D eigenvalue weighted by atomic mass is 10.1. The molecule has 23 heavy (non-hydrogen) atoms. The van der Waals surface area contributed by atoms with E-state index in [-0.39, 0.29) is 5.82 Å². The summed E-state index contributed by atoms with van der Waals surface area (Å²) in [5, 5.41) is 3.63. The maximum Gasteiger partial charge on any atom is 0.367 e. The summed E-state index contributed by atoms with van der Waals surface area (Å²) in [4.78, 5) is 16.1. The fourth-order valence-electron chi connectivity index (χ4n) is 2.09. The number of hydrogen-bond acceptors (Lipinski definition) is 4. The van der Waals surface area contributed by atoms with Crippen LogP contribution in [0.15, 0.2) is 59.3 Å². The van der Waals surface area contributed by atoms with Gasteiger partial charge < -0.3 is 9.57 Å². The monoisotopic (exact) mass is 311 g/mol. The molecule has 0 saturated carbocycles.